The van der Waals surface area contributed by atoms with Crippen LogP contribution in [-0.2, 0) is 9.53 Å². The smallest absolute Gasteiger partial charge is 0.276 e. The molecule has 0 spiro atoms. The zero-order chi connectivity index (χ0) is 22.8. The van der Waals surface area contributed by atoms with Crippen LogP contribution in [-0.4, -0.2) is 43.9 Å². The Morgan fingerprint density at radius 1 is 1.03 bits per heavy atom. The Morgan fingerprint density at radius 2 is 1.74 bits per heavy atom. The van der Waals surface area contributed by atoms with Gasteiger partial charge in [-0.25, -0.2) is 0 Å². The number of halogens is 1. The molecule has 166 valence electrons. The lowest BCUT2D eigenvalue weighted by Gasteiger charge is -2.14. The van der Waals surface area contributed by atoms with E-state index in [1.165, 1.54) is 0 Å². The molecule has 2 aromatic carbocycles. The van der Waals surface area contributed by atoms with Crippen LogP contribution in [0.3, 0.4) is 0 Å². The first-order valence-electron chi connectivity index (χ1n) is 9.32. The summed E-state index contributed by atoms with van der Waals surface area (Å²) in [5, 5.41) is 2.43. The first-order valence-corrected chi connectivity index (χ1v) is 10.5. The molecule has 8 nitrogen and oxygen atoms in total. The fourth-order valence-electron chi connectivity index (χ4n) is 2.53. The largest absolute Gasteiger partial charge is 0.490 e. The van der Waals surface area contributed by atoms with Crippen molar-refractivity contribution in [1.29, 1.82) is 0 Å². The molecule has 10 heteroatoms. The van der Waals surface area contributed by atoms with Crippen LogP contribution in [0.25, 0.3) is 0 Å². The van der Waals surface area contributed by atoms with Crippen LogP contribution in [0, 0.1) is 13.8 Å². The number of benzene rings is 2. The molecule has 0 radical (unpaired) electrons. The van der Waals surface area contributed by atoms with E-state index in [4.69, 9.17) is 26.4 Å². The molecule has 0 unspecified atom stereocenters. The lowest BCUT2D eigenvalue weighted by atomic mass is 10.1. The van der Waals surface area contributed by atoms with Crippen molar-refractivity contribution in [1.82, 2.24) is 16.2 Å². The van der Waals surface area contributed by atoms with Gasteiger partial charge in [0.2, 0.25) is 0 Å². The molecule has 0 heterocycles. The summed E-state index contributed by atoms with van der Waals surface area (Å²) >= 11 is 8.41. The molecule has 3 N–H and O–H groups in total. The van der Waals surface area contributed by atoms with Crippen molar-refractivity contribution < 1.29 is 23.8 Å². The summed E-state index contributed by atoms with van der Waals surface area (Å²) in [6.45, 7) is 4.45. The van der Waals surface area contributed by atoms with Gasteiger partial charge >= 0.3 is 0 Å². The van der Waals surface area contributed by atoms with Gasteiger partial charge in [-0.15, -0.1) is 0 Å². The highest BCUT2D eigenvalue weighted by Crippen LogP contribution is 2.26. The first-order chi connectivity index (χ1) is 14.8. The highest BCUT2D eigenvalue weighted by atomic mass is 79.9. The zero-order valence-electron chi connectivity index (χ0n) is 17.4. The Bertz CT molecular complexity index is 934. The van der Waals surface area contributed by atoms with Crippen molar-refractivity contribution in [2.75, 3.05) is 26.9 Å². The van der Waals surface area contributed by atoms with E-state index in [-0.39, 0.29) is 11.7 Å². The fraction of sp³-hybridized carbons (Fsp3) is 0.286. The van der Waals surface area contributed by atoms with Gasteiger partial charge in [0.15, 0.2) is 11.7 Å². The number of para-hydroxylation sites is 1. The lowest BCUT2D eigenvalue weighted by molar-refractivity contribution is -0.123. The van der Waals surface area contributed by atoms with E-state index < -0.39 is 11.8 Å². The summed E-state index contributed by atoms with van der Waals surface area (Å²) in [5.41, 5.74) is 7.10. The van der Waals surface area contributed by atoms with E-state index in [9.17, 15) is 9.59 Å². The van der Waals surface area contributed by atoms with Crippen molar-refractivity contribution in [2.24, 2.45) is 0 Å². The maximum absolute atomic E-state index is 12.4. The molecular formula is C21H24BrN3O5S. The lowest BCUT2D eigenvalue weighted by Crippen LogP contribution is -2.49. The molecule has 0 saturated carbocycles. The Balaban J connectivity index is 1.79. The molecule has 0 aromatic heterocycles. The number of methoxy groups -OCH3 is 1. The summed E-state index contributed by atoms with van der Waals surface area (Å²) in [6.07, 6.45) is 0. The van der Waals surface area contributed by atoms with Crippen LogP contribution >= 0.6 is 28.1 Å². The first kappa shape index (κ1) is 24.6. The number of thiocarbonyl (C=S) groups is 1. The predicted octanol–water partition coefficient (Wildman–Crippen LogP) is 2.81. The van der Waals surface area contributed by atoms with Crippen molar-refractivity contribution in [2.45, 2.75) is 13.8 Å². The molecule has 2 amide bonds. The van der Waals surface area contributed by atoms with E-state index in [0.717, 1.165) is 11.1 Å². The van der Waals surface area contributed by atoms with Crippen LogP contribution in [0.4, 0.5) is 0 Å². The molecule has 0 aliphatic heterocycles. The number of carbonyl (C=O) groups is 2. The summed E-state index contributed by atoms with van der Waals surface area (Å²) in [5.74, 6) is 0.362. The van der Waals surface area contributed by atoms with Gasteiger partial charge in [-0.3, -0.25) is 25.8 Å². The van der Waals surface area contributed by atoms with E-state index in [0.29, 0.717) is 34.7 Å². The van der Waals surface area contributed by atoms with Gasteiger partial charge in [0.25, 0.3) is 11.8 Å². The van der Waals surface area contributed by atoms with Gasteiger partial charge < -0.3 is 14.2 Å². The van der Waals surface area contributed by atoms with Crippen LogP contribution < -0.4 is 25.6 Å². The van der Waals surface area contributed by atoms with Gasteiger partial charge in [0.1, 0.15) is 18.1 Å². The standard InChI is InChI=1S/C21H24BrN3O5S/c1-13-5-4-6-14(2)19(13)30-12-18(26)24-25-21(31)23-20(27)15-7-8-17(16(22)11-15)29-10-9-28-3/h4-8,11H,9-10,12H2,1-3H3,(H,24,26)(H2,23,25,27,31). The van der Waals surface area contributed by atoms with Crippen molar-refractivity contribution in [3.63, 3.8) is 0 Å². The van der Waals surface area contributed by atoms with Crippen LogP contribution in [0.1, 0.15) is 21.5 Å². The molecular weight excluding hydrogens is 486 g/mol. The number of rotatable bonds is 8. The predicted molar refractivity (Wildman–Crippen MR) is 124 cm³/mol. The van der Waals surface area contributed by atoms with Gasteiger partial charge in [0, 0.05) is 12.7 Å². The summed E-state index contributed by atoms with van der Waals surface area (Å²) in [4.78, 5) is 24.3. The quantitative estimate of drug-likeness (QED) is 0.286. The molecule has 0 aliphatic carbocycles. The maximum atomic E-state index is 12.4. The fourth-order valence-corrected chi connectivity index (χ4v) is 3.16. The second-order valence-corrected chi connectivity index (χ2v) is 7.72. The minimum absolute atomic E-state index is 0.0537. The zero-order valence-corrected chi connectivity index (χ0v) is 19.8. The van der Waals surface area contributed by atoms with Crippen LogP contribution in [0.5, 0.6) is 11.5 Å². The molecule has 0 saturated heterocycles. The number of amides is 2. The van der Waals surface area contributed by atoms with Crippen molar-refractivity contribution in [3.8, 4) is 11.5 Å². The number of hydrogen-bond acceptors (Lipinski definition) is 6. The number of hydrogen-bond donors (Lipinski definition) is 3. The molecule has 0 atom stereocenters. The minimum Gasteiger partial charge on any atom is -0.490 e. The molecule has 0 aliphatic rings. The van der Waals surface area contributed by atoms with Gasteiger partial charge in [-0.05, 0) is 71.3 Å². The van der Waals surface area contributed by atoms with E-state index in [1.54, 1.807) is 25.3 Å². The van der Waals surface area contributed by atoms with Crippen molar-refractivity contribution >= 4 is 45.1 Å². The number of nitrogens with one attached hydrogen (secondary N) is 3. The maximum Gasteiger partial charge on any atom is 0.276 e. The van der Waals surface area contributed by atoms with E-state index in [2.05, 4.69) is 32.1 Å². The van der Waals surface area contributed by atoms with E-state index in [1.807, 2.05) is 32.0 Å². The normalized spacial score (nSPS) is 10.2. The third kappa shape index (κ3) is 7.82. The highest BCUT2D eigenvalue weighted by molar-refractivity contribution is 9.10. The number of aryl methyl sites for hydroxylation is 2. The Morgan fingerprint density at radius 3 is 2.39 bits per heavy atom. The molecule has 31 heavy (non-hydrogen) atoms. The Hall–Kier alpha value is -2.69. The third-order valence-electron chi connectivity index (χ3n) is 4.04. The number of hydrazine groups is 1. The van der Waals surface area contributed by atoms with Crippen molar-refractivity contribution in [3.05, 3.63) is 57.6 Å². The summed E-state index contributed by atoms with van der Waals surface area (Å²) in [6, 6.07) is 10.6. The second-order valence-electron chi connectivity index (χ2n) is 6.45. The SMILES string of the molecule is COCCOc1ccc(C(=O)NC(=S)NNC(=O)COc2c(C)cccc2C)cc1Br. The van der Waals surface area contributed by atoms with Gasteiger partial charge in [-0.2, -0.15) is 0 Å². The minimum atomic E-state index is -0.445. The number of ether oxygens (including phenoxy) is 3. The Labute approximate surface area is 194 Å². The molecule has 2 aromatic rings. The summed E-state index contributed by atoms with van der Waals surface area (Å²) < 4.78 is 16.6. The average molecular weight is 510 g/mol. The Kier molecular flexibility index (Phi) is 9.70. The molecule has 2 rings (SSSR count). The van der Waals surface area contributed by atoms with Crippen LogP contribution in [0.15, 0.2) is 40.9 Å². The van der Waals surface area contributed by atoms with Crippen LogP contribution in [0.2, 0.25) is 0 Å². The second kappa shape index (κ2) is 12.2. The van der Waals surface area contributed by atoms with Gasteiger partial charge in [-0.1, -0.05) is 18.2 Å². The van der Waals surface area contributed by atoms with E-state index >= 15 is 0 Å². The number of carbonyl (C=O) groups excluding carboxylic acids is 2. The summed E-state index contributed by atoms with van der Waals surface area (Å²) in [7, 11) is 1.59. The highest BCUT2D eigenvalue weighted by Gasteiger charge is 2.12. The molecule has 0 fully saturated rings. The molecule has 0 bridgehead atoms. The third-order valence-corrected chi connectivity index (χ3v) is 4.86. The van der Waals surface area contributed by atoms with Gasteiger partial charge in [0.05, 0.1) is 11.1 Å². The monoisotopic (exact) mass is 509 g/mol. The topological polar surface area (TPSA) is 97.9 Å². The average Bonchev–Trinajstić information content (AvgIpc) is 2.73.